The number of esters is 1. The number of thioether (sulfide) groups is 1. The fraction of sp³-hybridized carbons (Fsp3) is 0.435. The molecule has 0 aliphatic heterocycles. The molecule has 1 aliphatic rings. The van der Waals surface area contributed by atoms with E-state index in [0.717, 1.165) is 48.1 Å². The number of hydrogen-bond donors (Lipinski definition) is 1. The minimum atomic E-state index is -0.477. The Bertz CT molecular complexity index is 1190. The molecule has 3 aromatic rings. The molecule has 1 N–H and O–H groups in total. The average molecular weight is 486 g/mol. The Labute approximate surface area is 201 Å². The van der Waals surface area contributed by atoms with E-state index in [1.807, 2.05) is 26.0 Å². The number of tetrazole rings is 1. The normalized spacial score (nSPS) is 13.9. The fourth-order valence-corrected chi connectivity index (χ4v) is 6.03. The van der Waals surface area contributed by atoms with E-state index in [1.54, 1.807) is 18.5 Å². The molecular formula is C23H27N5O3S2. The second kappa shape index (κ2) is 10.0. The zero-order chi connectivity index (χ0) is 23.5. The van der Waals surface area contributed by atoms with Gasteiger partial charge in [0.2, 0.25) is 11.1 Å². The van der Waals surface area contributed by atoms with Crippen molar-refractivity contribution in [3.05, 3.63) is 45.3 Å². The molecule has 0 bridgehead atoms. The van der Waals surface area contributed by atoms with Gasteiger partial charge >= 0.3 is 5.97 Å². The molecule has 2 aromatic heterocycles. The van der Waals surface area contributed by atoms with Crippen LogP contribution in [0.3, 0.4) is 0 Å². The Kier molecular flexibility index (Phi) is 7.14. The van der Waals surface area contributed by atoms with Crippen LogP contribution in [0.2, 0.25) is 0 Å². The molecule has 4 rings (SSSR count). The first-order valence-corrected chi connectivity index (χ1v) is 12.7. The Hall–Kier alpha value is -2.72. The lowest BCUT2D eigenvalue weighted by Gasteiger charge is -2.14. The lowest BCUT2D eigenvalue weighted by Crippen LogP contribution is -2.24. The third kappa shape index (κ3) is 4.96. The predicted molar refractivity (Wildman–Crippen MR) is 129 cm³/mol. The van der Waals surface area contributed by atoms with Gasteiger partial charge in [-0.25, -0.2) is 4.79 Å². The van der Waals surface area contributed by atoms with Gasteiger partial charge in [0.05, 0.1) is 23.1 Å². The molecule has 33 heavy (non-hydrogen) atoms. The van der Waals surface area contributed by atoms with Crippen LogP contribution in [0.1, 0.15) is 58.6 Å². The largest absolute Gasteiger partial charge is 0.462 e. The number of aromatic nitrogens is 4. The summed E-state index contributed by atoms with van der Waals surface area (Å²) in [6.45, 7) is 7.92. The van der Waals surface area contributed by atoms with E-state index in [-0.39, 0.29) is 11.9 Å². The molecule has 8 nitrogen and oxygen atoms in total. The summed E-state index contributed by atoms with van der Waals surface area (Å²) in [6, 6.07) is 6.04. The maximum absolute atomic E-state index is 13.1. The number of fused-ring (bicyclic) bond motifs is 1. The number of thiophene rings is 1. The number of aryl methyl sites for hydroxylation is 3. The maximum Gasteiger partial charge on any atom is 0.341 e. The summed E-state index contributed by atoms with van der Waals surface area (Å²) >= 11 is 2.76. The molecular weight excluding hydrogens is 458 g/mol. The van der Waals surface area contributed by atoms with Gasteiger partial charge in [-0.1, -0.05) is 29.5 Å². The number of nitrogens with one attached hydrogen (secondary N) is 1. The number of hydrogen-bond acceptors (Lipinski definition) is 8. The second-order valence-electron chi connectivity index (χ2n) is 8.05. The second-order valence-corrected chi connectivity index (χ2v) is 10.5. The minimum Gasteiger partial charge on any atom is -0.462 e. The first kappa shape index (κ1) is 23.4. The highest BCUT2D eigenvalue weighted by molar-refractivity contribution is 8.00. The van der Waals surface area contributed by atoms with Gasteiger partial charge in [0.1, 0.15) is 5.00 Å². The van der Waals surface area contributed by atoms with E-state index in [2.05, 4.69) is 26.9 Å². The standard InChI is InChI=1S/C23H27N5O3S2/c1-5-31-22(30)19-16-8-6-7-9-18(16)33-21(19)24-20(29)15(4)32-23-25-26-27-28(23)17-11-10-13(2)12-14(17)3/h10-12,15H,5-9H2,1-4H3,(H,24,29). The van der Waals surface area contributed by atoms with Crippen LogP contribution < -0.4 is 5.32 Å². The van der Waals surface area contributed by atoms with Crippen LogP contribution in [0.25, 0.3) is 5.69 Å². The number of carbonyl (C=O) groups is 2. The van der Waals surface area contributed by atoms with Gasteiger partial charge < -0.3 is 10.1 Å². The van der Waals surface area contributed by atoms with Crippen molar-refractivity contribution in [2.75, 3.05) is 11.9 Å². The number of rotatable bonds is 7. The number of amides is 1. The Balaban J connectivity index is 1.54. The molecule has 174 valence electrons. The summed E-state index contributed by atoms with van der Waals surface area (Å²) < 4.78 is 6.94. The van der Waals surface area contributed by atoms with Crippen molar-refractivity contribution in [2.45, 2.75) is 63.8 Å². The highest BCUT2D eigenvalue weighted by Crippen LogP contribution is 2.39. The van der Waals surface area contributed by atoms with Crippen molar-refractivity contribution in [1.29, 1.82) is 0 Å². The number of anilines is 1. The van der Waals surface area contributed by atoms with Gasteiger partial charge in [0.25, 0.3) is 0 Å². The third-order valence-electron chi connectivity index (χ3n) is 5.56. The fourth-order valence-electron chi connectivity index (χ4n) is 3.94. The molecule has 0 saturated heterocycles. The molecule has 1 atom stereocenters. The molecule has 0 fully saturated rings. The molecule has 1 amide bonds. The van der Waals surface area contributed by atoms with Gasteiger partial charge in [0.15, 0.2) is 0 Å². The van der Waals surface area contributed by atoms with Crippen molar-refractivity contribution >= 4 is 40.0 Å². The van der Waals surface area contributed by atoms with Crippen LogP contribution in [-0.4, -0.2) is 43.9 Å². The zero-order valence-corrected chi connectivity index (χ0v) is 20.8. The monoisotopic (exact) mass is 485 g/mol. The molecule has 0 radical (unpaired) electrons. The van der Waals surface area contributed by atoms with E-state index >= 15 is 0 Å². The Morgan fingerprint density at radius 1 is 1.27 bits per heavy atom. The molecule has 2 heterocycles. The predicted octanol–water partition coefficient (Wildman–Crippen LogP) is 4.52. The van der Waals surface area contributed by atoms with Crippen LogP contribution in [0.15, 0.2) is 23.4 Å². The van der Waals surface area contributed by atoms with E-state index in [4.69, 9.17) is 4.74 Å². The van der Waals surface area contributed by atoms with Crippen molar-refractivity contribution < 1.29 is 14.3 Å². The van der Waals surface area contributed by atoms with Gasteiger partial charge in [0, 0.05) is 4.88 Å². The minimum absolute atomic E-state index is 0.209. The summed E-state index contributed by atoms with van der Waals surface area (Å²) in [5.41, 5.74) is 4.62. The Morgan fingerprint density at radius 2 is 2.06 bits per heavy atom. The van der Waals surface area contributed by atoms with Gasteiger partial charge in [-0.05, 0) is 81.0 Å². The van der Waals surface area contributed by atoms with E-state index in [0.29, 0.717) is 22.3 Å². The highest BCUT2D eigenvalue weighted by atomic mass is 32.2. The molecule has 1 aliphatic carbocycles. The number of benzene rings is 1. The summed E-state index contributed by atoms with van der Waals surface area (Å²) in [5, 5.41) is 15.7. The molecule has 0 saturated carbocycles. The molecule has 10 heteroatoms. The SMILES string of the molecule is CCOC(=O)c1c(NC(=O)C(C)Sc2nnnn2-c2ccc(C)cc2C)sc2c1CCCC2. The lowest BCUT2D eigenvalue weighted by atomic mass is 9.95. The van der Waals surface area contributed by atoms with Gasteiger partial charge in [-0.2, -0.15) is 4.68 Å². The van der Waals surface area contributed by atoms with Crippen LogP contribution in [-0.2, 0) is 22.4 Å². The molecule has 1 unspecified atom stereocenters. The van der Waals surface area contributed by atoms with Crippen molar-refractivity contribution in [3.8, 4) is 5.69 Å². The first-order chi connectivity index (χ1) is 15.9. The van der Waals surface area contributed by atoms with E-state index in [9.17, 15) is 9.59 Å². The third-order valence-corrected chi connectivity index (χ3v) is 7.80. The quantitative estimate of drug-likeness (QED) is 0.388. The van der Waals surface area contributed by atoms with Gasteiger partial charge in [-0.3, -0.25) is 4.79 Å². The van der Waals surface area contributed by atoms with E-state index in [1.165, 1.54) is 28.0 Å². The average Bonchev–Trinajstić information content (AvgIpc) is 3.37. The smallest absolute Gasteiger partial charge is 0.341 e. The van der Waals surface area contributed by atoms with Crippen molar-refractivity contribution in [2.24, 2.45) is 0 Å². The molecule has 1 aromatic carbocycles. The van der Waals surface area contributed by atoms with Gasteiger partial charge in [-0.15, -0.1) is 16.4 Å². The summed E-state index contributed by atoms with van der Waals surface area (Å²) in [5.74, 6) is -0.578. The topological polar surface area (TPSA) is 99.0 Å². The number of carbonyl (C=O) groups excluding carboxylic acids is 2. The lowest BCUT2D eigenvalue weighted by molar-refractivity contribution is -0.115. The summed E-state index contributed by atoms with van der Waals surface area (Å²) in [4.78, 5) is 26.9. The van der Waals surface area contributed by atoms with Crippen LogP contribution in [0.5, 0.6) is 0 Å². The van der Waals surface area contributed by atoms with Crippen molar-refractivity contribution in [3.63, 3.8) is 0 Å². The zero-order valence-electron chi connectivity index (χ0n) is 19.2. The maximum atomic E-state index is 13.1. The number of ether oxygens (including phenoxy) is 1. The first-order valence-electron chi connectivity index (χ1n) is 11.0. The molecule has 0 spiro atoms. The summed E-state index contributed by atoms with van der Waals surface area (Å²) in [7, 11) is 0. The van der Waals surface area contributed by atoms with Crippen molar-refractivity contribution in [1.82, 2.24) is 20.2 Å². The van der Waals surface area contributed by atoms with Crippen LogP contribution >= 0.6 is 23.1 Å². The highest BCUT2D eigenvalue weighted by Gasteiger charge is 2.29. The van der Waals surface area contributed by atoms with Crippen LogP contribution in [0, 0.1) is 13.8 Å². The van der Waals surface area contributed by atoms with E-state index < -0.39 is 5.25 Å². The summed E-state index contributed by atoms with van der Waals surface area (Å²) in [6.07, 6.45) is 3.90. The Morgan fingerprint density at radius 3 is 2.82 bits per heavy atom. The van der Waals surface area contributed by atoms with Crippen LogP contribution in [0.4, 0.5) is 5.00 Å². The number of nitrogens with zero attached hydrogens (tertiary/aromatic N) is 4.